The standard InChI is InChI=1S/C16H25ClFN/c1-3-5-6-7-8-9-16(19-4-2)14-12-13(18)10-11-15(14)17/h10-12,16,19H,3-9H2,1-2H3. The van der Waals surface area contributed by atoms with Crippen LogP contribution in [-0.4, -0.2) is 6.54 Å². The molecule has 1 rings (SSSR count). The Bertz CT molecular complexity index is 368. The van der Waals surface area contributed by atoms with Crippen molar-refractivity contribution in [3.05, 3.63) is 34.6 Å². The molecule has 0 radical (unpaired) electrons. The average molecular weight is 286 g/mol. The molecular weight excluding hydrogens is 261 g/mol. The van der Waals surface area contributed by atoms with Gasteiger partial charge in [-0.3, -0.25) is 0 Å². The van der Waals surface area contributed by atoms with Crippen molar-refractivity contribution in [2.24, 2.45) is 0 Å². The molecule has 108 valence electrons. The van der Waals surface area contributed by atoms with Crippen LogP contribution in [0.4, 0.5) is 4.39 Å². The maximum Gasteiger partial charge on any atom is 0.123 e. The summed E-state index contributed by atoms with van der Waals surface area (Å²) in [7, 11) is 0. The van der Waals surface area contributed by atoms with Crippen molar-refractivity contribution in [3.8, 4) is 0 Å². The molecule has 1 N–H and O–H groups in total. The molecule has 1 aromatic carbocycles. The van der Waals surface area contributed by atoms with Gasteiger partial charge in [0.2, 0.25) is 0 Å². The monoisotopic (exact) mass is 285 g/mol. The minimum atomic E-state index is -0.215. The van der Waals surface area contributed by atoms with E-state index < -0.39 is 0 Å². The van der Waals surface area contributed by atoms with E-state index in [0.717, 1.165) is 24.9 Å². The van der Waals surface area contributed by atoms with E-state index >= 15 is 0 Å². The first-order chi connectivity index (χ1) is 9.19. The van der Waals surface area contributed by atoms with E-state index in [9.17, 15) is 4.39 Å². The summed E-state index contributed by atoms with van der Waals surface area (Å²) in [6, 6.07) is 4.78. The second-order valence-corrected chi connectivity index (χ2v) is 5.39. The molecule has 0 saturated heterocycles. The first-order valence-corrected chi connectivity index (χ1v) is 7.75. The fraction of sp³-hybridized carbons (Fsp3) is 0.625. The molecule has 0 bridgehead atoms. The largest absolute Gasteiger partial charge is 0.310 e. The summed E-state index contributed by atoms with van der Waals surface area (Å²) in [6.07, 6.45) is 7.25. The molecule has 0 fully saturated rings. The predicted molar refractivity (Wildman–Crippen MR) is 81.2 cm³/mol. The Balaban J connectivity index is 2.58. The van der Waals surface area contributed by atoms with E-state index in [-0.39, 0.29) is 11.9 Å². The Morgan fingerprint density at radius 2 is 1.89 bits per heavy atom. The van der Waals surface area contributed by atoms with Gasteiger partial charge in [-0.15, -0.1) is 0 Å². The van der Waals surface area contributed by atoms with Crippen LogP contribution in [0.25, 0.3) is 0 Å². The lowest BCUT2D eigenvalue weighted by Gasteiger charge is -2.19. The number of benzene rings is 1. The van der Waals surface area contributed by atoms with E-state index in [1.165, 1.54) is 31.7 Å². The molecule has 0 aliphatic rings. The summed E-state index contributed by atoms with van der Waals surface area (Å²) in [6.45, 7) is 5.15. The van der Waals surface area contributed by atoms with Crippen molar-refractivity contribution < 1.29 is 4.39 Å². The molecule has 0 saturated carbocycles. The summed E-state index contributed by atoms with van der Waals surface area (Å²) < 4.78 is 13.4. The predicted octanol–water partition coefficient (Wildman–Crippen LogP) is 5.49. The molecule has 3 heteroatoms. The van der Waals surface area contributed by atoms with Crippen LogP contribution in [0, 0.1) is 5.82 Å². The zero-order valence-electron chi connectivity index (χ0n) is 12.0. The van der Waals surface area contributed by atoms with Gasteiger partial charge in [-0.25, -0.2) is 4.39 Å². The lowest BCUT2D eigenvalue weighted by Crippen LogP contribution is -2.21. The van der Waals surface area contributed by atoms with Crippen LogP contribution >= 0.6 is 11.6 Å². The van der Waals surface area contributed by atoms with E-state index in [1.807, 2.05) is 0 Å². The van der Waals surface area contributed by atoms with E-state index in [0.29, 0.717) is 5.02 Å². The zero-order valence-corrected chi connectivity index (χ0v) is 12.8. The summed E-state index contributed by atoms with van der Waals surface area (Å²) in [4.78, 5) is 0. The van der Waals surface area contributed by atoms with Gasteiger partial charge in [0, 0.05) is 11.1 Å². The molecule has 1 nitrogen and oxygen atoms in total. The zero-order chi connectivity index (χ0) is 14.1. The van der Waals surface area contributed by atoms with E-state index in [2.05, 4.69) is 19.2 Å². The van der Waals surface area contributed by atoms with Gasteiger partial charge in [0.1, 0.15) is 5.82 Å². The Morgan fingerprint density at radius 3 is 2.58 bits per heavy atom. The highest BCUT2D eigenvalue weighted by atomic mass is 35.5. The fourth-order valence-electron chi connectivity index (χ4n) is 2.35. The van der Waals surface area contributed by atoms with Gasteiger partial charge in [-0.05, 0) is 36.7 Å². The molecular formula is C16H25ClFN. The Kier molecular flexibility index (Phi) is 8.08. The highest BCUT2D eigenvalue weighted by Crippen LogP contribution is 2.27. The molecule has 0 amide bonds. The number of nitrogens with one attached hydrogen (secondary N) is 1. The summed E-state index contributed by atoms with van der Waals surface area (Å²) >= 11 is 6.18. The lowest BCUT2D eigenvalue weighted by molar-refractivity contribution is 0.476. The maximum absolute atomic E-state index is 13.4. The van der Waals surface area contributed by atoms with Crippen molar-refractivity contribution >= 4 is 11.6 Å². The summed E-state index contributed by atoms with van der Waals surface area (Å²) in [5.41, 5.74) is 0.888. The second kappa shape index (κ2) is 9.33. The number of hydrogen-bond acceptors (Lipinski definition) is 1. The van der Waals surface area contributed by atoms with Gasteiger partial charge < -0.3 is 5.32 Å². The molecule has 0 heterocycles. The lowest BCUT2D eigenvalue weighted by atomic mass is 9.99. The van der Waals surface area contributed by atoms with Gasteiger partial charge in [0.25, 0.3) is 0 Å². The third-order valence-corrected chi connectivity index (χ3v) is 3.72. The smallest absolute Gasteiger partial charge is 0.123 e. The van der Waals surface area contributed by atoms with Crippen LogP contribution in [-0.2, 0) is 0 Å². The molecule has 0 aliphatic carbocycles. The second-order valence-electron chi connectivity index (χ2n) is 4.98. The van der Waals surface area contributed by atoms with Gasteiger partial charge in [0.15, 0.2) is 0 Å². The number of rotatable bonds is 9. The maximum atomic E-state index is 13.4. The molecule has 0 aliphatic heterocycles. The highest BCUT2D eigenvalue weighted by molar-refractivity contribution is 6.31. The van der Waals surface area contributed by atoms with Gasteiger partial charge in [-0.2, -0.15) is 0 Å². The van der Waals surface area contributed by atoms with Gasteiger partial charge in [0.05, 0.1) is 0 Å². The minimum Gasteiger partial charge on any atom is -0.310 e. The van der Waals surface area contributed by atoms with Crippen molar-refractivity contribution in [2.45, 2.75) is 58.4 Å². The normalized spacial score (nSPS) is 12.6. The fourth-order valence-corrected chi connectivity index (χ4v) is 2.60. The third kappa shape index (κ3) is 5.92. The topological polar surface area (TPSA) is 12.0 Å². The van der Waals surface area contributed by atoms with Gasteiger partial charge in [-0.1, -0.05) is 57.6 Å². The number of hydrogen-bond donors (Lipinski definition) is 1. The summed E-state index contributed by atoms with van der Waals surface area (Å²) in [5, 5.41) is 4.06. The van der Waals surface area contributed by atoms with Gasteiger partial charge >= 0.3 is 0 Å². The molecule has 1 aromatic rings. The van der Waals surface area contributed by atoms with Crippen LogP contribution < -0.4 is 5.32 Å². The molecule has 19 heavy (non-hydrogen) atoms. The average Bonchev–Trinajstić information content (AvgIpc) is 2.40. The van der Waals surface area contributed by atoms with Crippen molar-refractivity contribution in [2.75, 3.05) is 6.54 Å². The van der Waals surface area contributed by atoms with Crippen molar-refractivity contribution in [1.29, 1.82) is 0 Å². The van der Waals surface area contributed by atoms with Crippen molar-refractivity contribution in [3.63, 3.8) is 0 Å². The van der Waals surface area contributed by atoms with Crippen LogP contribution in [0.2, 0.25) is 5.02 Å². The highest BCUT2D eigenvalue weighted by Gasteiger charge is 2.14. The molecule has 0 aromatic heterocycles. The SMILES string of the molecule is CCCCCCCC(NCC)c1cc(F)ccc1Cl. The Labute approximate surface area is 121 Å². The van der Waals surface area contributed by atoms with E-state index in [4.69, 9.17) is 11.6 Å². The minimum absolute atomic E-state index is 0.162. The van der Waals surface area contributed by atoms with E-state index in [1.54, 1.807) is 12.1 Å². The Morgan fingerprint density at radius 1 is 1.16 bits per heavy atom. The first-order valence-electron chi connectivity index (χ1n) is 7.37. The molecule has 1 atom stereocenters. The van der Waals surface area contributed by atoms with Crippen LogP contribution in [0.15, 0.2) is 18.2 Å². The number of halogens is 2. The molecule has 0 spiro atoms. The number of unbranched alkanes of at least 4 members (excludes halogenated alkanes) is 4. The van der Waals surface area contributed by atoms with Crippen LogP contribution in [0.3, 0.4) is 0 Å². The third-order valence-electron chi connectivity index (χ3n) is 3.38. The molecule has 1 unspecified atom stereocenters. The quantitative estimate of drug-likeness (QED) is 0.592. The van der Waals surface area contributed by atoms with Crippen molar-refractivity contribution in [1.82, 2.24) is 5.32 Å². The first kappa shape index (κ1) is 16.5. The van der Waals surface area contributed by atoms with Crippen LogP contribution in [0.1, 0.15) is 64.0 Å². The Hall–Kier alpha value is -0.600. The summed E-state index contributed by atoms with van der Waals surface area (Å²) in [5.74, 6) is -0.215. The van der Waals surface area contributed by atoms with Crippen LogP contribution in [0.5, 0.6) is 0 Å².